The zero-order chi connectivity index (χ0) is 30.0. The second-order valence-corrected chi connectivity index (χ2v) is 14.5. The van der Waals surface area contributed by atoms with Gasteiger partial charge in [-0.05, 0) is 85.5 Å². The summed E-state index contributed by atoms with van der Waals surface area (Å²) in [6, 6.07) is -1.07. The highest BCUT2D eigenvalue weighted by Crippen LogP contribution is 2.46. The van der Waals surface area contributed by atoms with E-state index in [1.807, 2.05) is 32.9 Å². The minimum atomic E-state index is -4.07. The fourth-order valence-electron chi connectivity index (χ4n) is 6.03. The molecule has 2 saturated heterocycles. The number of allylic oxidation sites excluding steroid dienone is 1. The van der Waals surface area contributed by atoms with Crippen LogP contribution in [0, 0.1) is 5.92 Å². The Balaban J connectivity index is 1.54. The van der Waals surface area contributed by atoms with Crippen LogP contribution in [0.25, 0.3) is 0 Å². The highest BCUT2D eigenvalue weighted by atomic mass is 32.2. The normalized spacial score (nSPS) is 31.8. The van der Waals surface area contributed by atoms with Gasteiger partial charge in [0.2, 0.25) is 5.91 Å². The summed E-state index contributed by atoms with van der Waals surface area (Å²) in [5.74, 6) is -2.07. The lowest BCUT2D eigenvalue weighted by molar-refractivity contribution is -0.146. The summed E-state index contributed by atoms with van der Waals surface area (Å²) in [6.07, 6.45) is 8.16. The van der Waals surface area contributed by atoms with Crippen molar-refractivity contribution in [3.8, 4) is 0 Å². The summed E-state index contributed by atoms with van der Waals surface area (Å²) < 4.78 is 35.2. The number of carbonyl (C=O) groups is 4. The highest BCUT2D eigenvalue weighted by molar-refractivity contribution is 7.87. The Hall–Kier alpha value is -2.67. The van der Waals surface area contributed by atoms with Crippen molar-refractivity contribution in [2.24, 2.45) is 5.92 Å². The number of ether oxygens (including phenoxy) is 1. The van der Waals surface area contributed by atoms with Crippen LogP contribution in [0.3, 0.4) is 0 Å². The van der Waals surface area contributed by atoms with Crippen LogP contribution in [0.1, 0.15) is 91.9 Å². The van der Waals surface area contributed by atoms with E-state index in [0.717, 1.165) is 32.1 Å². The zero-order valence-corrected chi connectivity index (χ0v) is 25.4. The van der Waals surface area contributed by atoms with E-state index in [1.54, 1.807) is 6.92 Å². The third kappa shape index (κ3) is 7.40. The number of rotatable bonds is 4. The zero-order valence-electron chi connectivity index (χ0n) is 24.6. The van der Waals surface area contributed by atoms with Gasteiger partial charge >= 0.3 is 16.3 Å². The first kappa shape index (κ1) is 31.3. The van der Waals surface area contributed by atoms with Crippen molar-refractivity contribution in [3.05, 3.63) is 12.2 Å². The van der Waals surface area contributed by atoms with E-state index in [-0.39, 0.29) is 18.4 Å². The van der Waals surface area contributed by atoms with E-state index >= 15 is 0 Å². The van der Waals surface area contributed by atoms with E-state index in [0.29, 0.717) is 38.8 Å². The first-order valence-corrected chi connectivity index (χ1v) is 16.3. The van der Waals surface area contributed by atoms with Gasteiger partial charge < -0.3 is 20.3 Å². The van der Waals surface area contributed by atoms with Gasteiger partial charge in [-0.1, -0.05) is 18.6 Å². The van der Waals surface area contributed by atoms with Crippen LogP contribution in [0.2, 0.25) is 0 Å². The maximum absolute atomic E-state index is 13.6. The molecule has 4 amide bonds. The van der Waals surface area contributed by atoms with Crippen LogP contribution in [0.5, 0.6) is 0 Å². The lowest BCUT2D eigenvalue weighted by Gasteiger charge is -2.30. The molecule has 3 heterocycles. The maximum atomic E-state index is 13.6. The Bertz CT molecular complexity index is 1170. The van der Waals surface area contributed by atoms with Crippen molar-refractivity contribution in [3.63, 3.8) is 0 Å². The van der Waals surface area contributed by atoms with Gasteiger partial charge in [0.05, 0.1) is 0 Å². The van der Waals surface area contributed by atoms with Crippen LogP contribution in [0.15, 0.2) is 12.2 Å². The molecule has 3 fully saturated rings. The second kappa shape index (κ2) is 12.3. The van der Waals surface area contributed by atoms with Crippen LogP contribution in [-0.2, 0) is 29.3 Å². The summed E-state index contributed by atoms with van der Waals surface area (Å²) in [7, 11) is -4.07. The Kier molecular flexibility index (Phi) is 9.37. The van der Waals surface area contributed by atoms with E-state index < -0.39 is 57.2 Å². The van der Waals surface area contributed by atoms with Gasteiger partial charge in [-0.2, -0.15) is 12.7 Å². The predicted molar refractivity (Wildman–Crippen MR) is 152 cm³/mol. The van der Waals surface area contributed by atoms with E-state index in [4.69, 9.17) is 4.74 Å². The molecular formula is C28H45N5O7S. The van der Waals surface area contributed by atoms with Crippen LogP contribution in [0.4, 0.5) is 4.79 Å². The lowest BCUT2D eigenvalue weighted by Crippen LogP contribution is -2.58. The average molecular weight is 596 g/mol. The summed E-state index contributed by atoms with van der Waals surface area (Å²) in [5, 5.41) is 5.56. The first-order chi connectivity index (χ1) is 19.2. The topological polar surface area (TPSA) is 154 Å². The molecule has 0 bridgehead atoms. The number of fused-ring (bicyclic) bond motifs is 2. The molecule has 0 aromatic heterocycles. The number of carbonyl (C=O) groups excluding carboxylic acids is 4. The second-order valence-electron chi connectivity index (χ2n) is 12.8. The van der Waals surface area contributed by atoms with Crippen molar-refractivity contribution in [1.82, 2.24) is 24.6 Å². The van der Waals surface area contributed by atoms with Crippen molar-refractivity contribution >= 4 is 34.0 Å². The maximum Gasteiger partial charge on any atom is 0.408 e. The van der Waals surface area contributed by atoms with E-state index in [1.165, 1.54) is 9.21 Å². The molecule has 3 N–H and O–H groups in total. The number of hydrogen-bond acceptors (Lipinski definition) is 7. The fraction of sp³-hybridized carbons (Fsp3) is 0.786. The number of amides is 4. The SMILES string of the molecule is CC1CCCN1S(=O)(=O)NC(=O)[C@@]12C[C@H]1C=CCCCCC[C@H](OC(=O)NC(C)(C)C)C(=O)N1CCC[C@H]1C(=O)N2. The molecule has 1 saturated carbocycles. The average Bonchev–Trinajstić information content (AvgIpc) is 3.19. The van der Waals surface area contributed by atoms with Gasteiger partial charge in [0.1, 0.15) is 11.6 Å². The quantitative estimate of drug-likeness (QED) is 0.421. The van der Waals surface area contributed by atoms with E-state index in [2.05, 4.69) is 15.4 Å². The summed E-state index contributed by atoms with van der Waals surface area (Å²) in [5.41, 5.74) is -1.96. The highest BCUT2D eigenvalue weighted by Gasteiger charge is 2.61. The number of nitrogens with zero attached hydrogens (tertiary/aromatic N) is 2. The summed E-state index contributed by atoms with van der Waals surface area (Å²) in [6.45, 7) is 7.90. The Morgan fingerprint density at radius 2 is 1.78 bits per heavy atom. The number of alkyl carbamates (subject to hydrolysis) is 1. The number of nitrogens with one attached hydrogen (secondary N) is 3. The van der Waals surface area contributed by atoms with Crippen molar-refractivity contribution in [1.29, 1.82) is 0 Å². The molecule has 5 atom stereocenters. The molecule has 1 unspecified atom stereocenters. The molecule has 0 aromatic rings. The summed E-state index contributed by atoms with van der Waals surface area (Å²) in [4.78, 5) is 54.8. The van der Waals surface area contributed by atoms with Crippen LogP contribution >= 0.6 is 0 Å². The third-order valence-corrected chi connectivity index (χ3v) is 9.94. The minimum absolute atomic E-state index is 0.214. The van der Waals surface area contributed by atoms with Gasteiger partial charge in [0.25, 0.3) is 11.8 Å². The molecule has 41 heavy (non-hydrogen) atoms. The van der Waals surface area contributed by atoms with Gasteiger partial charge in [0.15, 0.2) is 6.10 Å². The standard InChI is InChI=1S/C28H45N5O7S/c1-19-12-10-17-33(19)41(38,39)31-25(36)28-18-20(28)13-8-6-5-7-9-15-22(40-26(37)30-27(2,3)4)24(35)32-16-11-14-21(32)23(34)29-28/h8,13,19-22H,5-7,9-12,14-18H2,1-4H3,(H,29,34)(H,30,37)(H,31,36)/t19?,20-,21+,22+,28-/m1/s1. The minimum Gasteiger partial charge on any atom is -0.436 e. The fourth-order valence-corrected chi connectivity index (χ4v) is 7.51. The van der Waals surface area contributed by atoms with Crippen LogP contribution < -0.4 is 15.4 Å². The molecule has 12 nitrogen and oxygen atoms in total. The largest absolute Gasteiger partial charge is 0.436 e. The molecule has 0 aromatic carbocycles. The molecular weight excluding hydrogens is 550 g/mol. The van der Waals surface area contributed by atoms with Crippen LogP contribution in [-0.4, -0.2) is 83.8 Å². The number of hydrogen-bond donors (Lipinski definition) is 3. The van der Waals surface area contributed by atoms with Gasteiger partial charge in [-0.25, -0.2) is 9.52 Å². The van der Waals surface area contributed by atoms with Crippen molar-refractivity contribution < 1.29 is 32.3 Å². The van der Waals surface area contributed by atoms with Gasteiger partial charge in [-0.3, -0.25) is 14.4 Å². The Morgan fingerprint density at radius 1 is 1.05 bits per heavy atom. The molecule has 1 aliphatic carbocycles. The van der Waals surface area contributed by atoms with E-state index in [9.17, 15) is 27.6 Å². The molecule has 4 aliphatic rings. The van der Waals surface area contributed by atoms with Crippen molar-refractivity contribution in [2.75, 3.05) is 13.1 Å². The molecule has 4 rings (SSSR count). The molecule has 230 valence electrons. The van der Waals surface area contributed by atoms with Gasteiger partial charge in [0, 0.05) is 30.6 Å². The monoisotopic (exact) mass is 595 g/mol. The first-order valence-electron chi connectivity index (χ1n) is 14.9. The molecule has 0 spiro atoms. The Morgan fingerprint density at radius 3 is 2.46 bits per heavy atom. The van der Waals surface area contributed by atoms with Gasteiger partial charge in [-0.15, -0.1) is 0 Å². The lowest BCUT2D eigenvalue weighted by atomic mass is 10.1. The molecule has 0 radical (unpaired) electrons. The molecule has 13 heteroatoms. The molecule has 3 aliphatic heterocycles. The Labute approximate surface area is 243 Å². The third-order valence-electron chi connectivity index (χ3n) is 8.33. The smallest absolute Gasteiger partial charge is 0.408 e. The van der Waals surface area contributed by atoms with Crippen molar-refractivity contribution in [2.45, 2.75) is 121 Å². The summed E-state index contributed by atoms with van der Waals surface area (Å²) >= 11 is 0. The predicted octanol–water partition coefficient (Wildman–Crippen LogP) is 2.11.